The van der Waals surface area contributed by atoms with Gasteiger partial charge in [-0.15, -0.1) is 5.10 Å². The number of nitrogens with one attached hydrogen (secondary N) is 2. The van der Waals surface area contributed by atoms with Gasteiger partial charge in [0.15, 0.2) is 5.16 Å². The molecule has 0 saturated carbocycles. The average molecular weight is 253 g/mol. The van der Waals surface area contributed by atoms with Gasteiger partial charge in [-0.05, 0) is 18.7 Å². The smallest absolute Gasteiger partial charge is 0.308 e. The van der Waals surface area contributed by atoms with Crippen molar-refractivity contribution in [3.8, 4) is 0 Å². The first-order valence-electron chi connectivity index (χ1n) is 4.71. The summed E-state index contributed by atoms with van der Waals surface area (Å²) in [5, 5.41) is 7.46. The molecule has 90 valence electrons. The van der Waals surface area contributed by atoms with Crippen molar-refractivity contribution in [1.29, 1.82) is 0 Å². The lowest BCUT2D eigenvalue weighted by molar-refractivity contribution is 0.764. The van der Waals surface area contributed by atoms with E-state index in [-0.39, 0.29) is 5.69 Å². The Kier molecular flexibility index (Phi) is 3.11. The molecule has 2 aromatic rings. The molecule has 0 bridgehead atoms. The van der Waals surface area contributed by atoms with Gasteiger partial charge in [-0.3, -0.25) is 4.57 Å². The molecular formula is C8H11N7OS. The number of nitrogen functional groups attached to an aromatic ring is 1. The highest BCUT2D eigenvalue weighted by Gasteiger charge is 2.11. The molecule has 2 heterocycles. The molecule has 0 amide bonds. The van der Waals surface area contributed by atoms with E-state index in [1.54, 1.807) is 7.05 Å². The Morgan fingerprint density at radius 1 is 1.53 bits per heavy atom. The summed E-state index contributed by atoms with van der Waals surface area (Å²) < 4.78 is 1.40. The second kappa shape index (κ2) is 4.55. The molecule has 0 radical (unpaired) electrons. The van der Waals surface area contributed by atoms with Gasteiger partial charge in [-0.1, -0.05) is 0 Å². The molecule has 17 heavy (non-hydrogen) atoms. The number of anilines is 1. The van der Waals surface area contributed by atoms with Crippen LogP contribution in [0.1, 0.15) is 5.56 Å². The van der Waals surface area contributed by atoms with Gasteiger partial charge in [-0.2, -0.15) is 0 Å². The van der Waals surface area contributed by atoms with Crippen molar-refractivity contribution in [3.63, 3.8) is 0 Å². The molecule has 0 aliphatic carbocycles. The normalized spacial score (nSPS) is 10.5. The predicted octanol–water partition coefficient (Wildman–Crippen LogP) is -0.356. The Labute approximate surface area is 101 Å². The van der Waals surface area contributed by atoms with Crippen LogP contribution in [0, 0.1) is 6.92 Å². The van der Waals surface area contributed by atoms with E-state index in [2.05, 4.69) is 25.6 Å². The van der Waals surface area contributed by atoms with Crippen LogP contribution in [0.25, 0.3) is 0 Å². The monoisotopic (exact) mass is 253 g/mol. The van der Waals surface area contributed by atoms with Gasteiger partial charge in [0.25, 0.3) is 0 Å². The molecule has 0 saturated heterocycles. The fourth-order valence-electron chi connectivity index (χ4n) is 1.19. The minimum Gasteiger partial charge on any atom is -0.308 e. The van der Waals surface area contributed by atoms with Gasteiger partial charge in [0.05, 0.1) is 0 Å². The first-order chi connectivity index (χ1) is 8.13. The van der Waals surface area contributed by atoms with Crippen LogP contribution in [-0.4, -0.2) is 24.7 Å². The van der Waals surface area contributed by atoms with Crippen molar-refractivity contribution in [3.05, 3.63) is 22.4 Å². The number of aromatic amines is 1. The van der Waals surface area contributed by atoms with Crippen molar-refractivity contribution < 1.29 is 0 Å². The van der Waals surface area contributed by atoms with E-state index in [0.29, 0.717) is 16.0 Å². The summed E-state index contributed by atoms with van der Waals surface area (Å²) in [4.78, 5) is 19.3. The lowest BCUT2D eigenvalue weighted by Crippen LogP contribution is -2.13. The molecule has 9 heteroatoms. The van der Waals surface area contributed by atoms with Crippen molar-refractivity contribution >= 4 is 17.6 Å². The van der Waals surface area contributed by atoms with E-state index in [1.807, 2.05) is 6.92 Å². The highest BCUT2D eigenvalue weighted by Crippen LogP contribution is 2.27. The number of hydrazine groups is 1. The Morgan fingerprint density at radius 3 is 2.88 bits per heavy atom. The van der Waals surface area contributed by atoms with Crippen molar-refractivity contribution in [1.82, 2.24) is 24.7 Å². The van der Waals surface area contributed by atoms with E-state index in [9.17, 15) is 4.79 Å². The van der Waals surface area contributed by atoms with Gasteiger partial charge in [-0.25, -0.2) is 25.7 Å². The van der Waals surface area contributed by atoms with E-state index in [0.717, 1.165) is 5.56 Å². The number of nitrogens with two attached hydrogens (primary N) is 1. The van der Waals surface area contributed by atoms with E-state index in [4.69, 9.17) is 5.84 Å². The highest BCUT2D eigenvalue weighted by atomic mass is 32.2. The summed E-state index contributed by atoms with van der Waals surface area (Å²) in [6.07, 6.45) is 1.40. The Bertz CT molecular complexity index is 590. The molecule has 4 N–H and O–H groups in total. The summed E-state index contributed by atoms with van der Waals surface area (Å²) in [5.74, 6) is 5.86. The molecule has 8 nitrogen and oxygen atoms in total. The fraction of sp³-hybridized carbons (Fsp3) is 0.250. The Balaban J connectivity index is 2.36. The summed E-state index contributed by atoms with van der Waals surface area (Å²) in [6.45, 7) is 1.84. The first-order valence-corrected chi connectivity index (χ1v) is 5.52. The number of hydrogen-bond acceptors (Lipinski definition) is 7. The maximum absolute atomic E-state index is 11.2. The van der Waals surface area contributed by atoms with Gasteiger partial charge in [0.1, 0.15) is 17.2 Å². The molecular weight excluding hydrogens is 242 g/mol. The summed E-state index contributed by atoms with van der Waals surface area (Å²) in [7, 11) is 1.63. The zero-order valence-corrected chi connectivity index (χ0v) is 10.1. The molecule has 0 aliphatic heterocycles. The molecule has 0 fully saturated rings. The molecule has 2 rings (SSSR count). The molecule has 2 aromatic heterocycles. The lowest BCUT2D eigenvalue weighted by atomic mass is 10.3. The Hall–Kier alpha value is -1.87. The van der Waals surface area contributed by atoms with Gasteiger partial charge in [0, 0.05) is 12.6 Å². The van der Waals surface area contributed by atoms with Crippen LogP contribution >= 0.6 is 11.8 Å². The third kappa shape index (κ3) is 2.15. The highest BCUT2D eigenvalue weighted by molar-refractivity contribution is 7.99. The Morgan fingerprint density at radius 2 is 2.29 bits per heavy atom. The van der Waals surface area contributed by atoms with Crippen LogP contribution in [0.4, 0.5) is 5.82 Å². The molecule has 0 unspecified atom stereocenters. The van der Waals surface area contributed by atoms with E-state index >= 15 is 0 Å². The van der Waals surface area contributed by atoms with Crippen LogP contribution in [0.3, 0.4) is 0 Å². The second-order valence-corrected chi connectivity index (χ2v) is 4.23. The van der Waals surface area contributed by atoms with Crippen LogP contribution in [-0.2, 0) is 7.05 Å². The second-order valence-electron chi connectivity index (χ2n) is 3.27. The van der Waals surface area contributed by atoms with E-state index in [1.165, 1.54) is 22.7 Å². The quantitative estimate of drug-likeness (QED) is 0.389. The summed E-state index contributed by atoms with van der Waals surface area (Å²) >= 11 is 1.27. The van der Waals surface area contributed by atoms with Crippen molar-refractivity contribution in [2.45, 2.75) is 17.1 Å². The maximum Gasteiger partial charge on any atom is 0.343 e. The standard InChI is InChI=1S/C8H11N7OS/c1-4-5(12-9)10-3-11-6(4)17-8-14-13-7(16)15(8)2/h3H,9H2,1-2H3,(H,13,16)(H,10,11,12). The van der Waals surface area contributed by atoms with Crippen LogP contribution in [0.15, 0.2) is 21.3 Å². The van der Waals surface area contributed by atoms with Crippen LogP contribution in [0.5, 0.6) is 0 Å². The fourth-order valence-corrected chi connectivity index (χ4v) is 2.03. The van der Waals surface area contributed by atoms with E-state index < -0.39 is 0 Å². The minimum absolute atomic E-state index is 0.267. The number of rotatable bonds is 3. The first kappa shape index (κ1) is 11.6. The van der Waals surface area contributed by atoms with Crippen LogP contribution < -0.4 is 17.0 Å². The SMILES string of the molecule is Cc1c(NN)ncnc1Sc1n[nH]c(=O)n1C. The summed E-state index contributed by atoms with van der Waals surface area (Å²) in [6, 6.07) is 0. The number of hydrogen-bond donors (Lipinski definition) is 3. The molecule has 0 aliphatic rings. The zero-order chi connectivity index (χ0) is 12.4. The molecule has 0 atom stereocenters. The predicted molar refractivity (Wildman–Crippen MR) is 62.5 cm³/mol. The van der Waals surface area contributed by atoms with Gasteiger partial charge >= 0.3 is 5.69 Å². The lowest BCUT2D eigenvalue weighted by Gasteiger charge is -2.06. The maximum atomic E-state index is 11.2. The summed E-state index contributed by atoms with van der Waals surface area (Å²) in [5.41, 5.74) is 3.01. The number of nitrogens with zero attached hydrogens (tertiary/aromatic N) is 4. The zero-order valence-electron chi connectivity index (χ0n) is 9.26. The number of H-pyrrole nitrogens is 1. The minimum atomic E-state index is -0.267. The molecule has 0 spiro atoms. The number of aromatic nitrogens is 5. The topological polar surface area (TPSA) is 115 Å². The van der Waals surface area contributed by atoms with Crippen LogP contribution in [0.2, 0.25) is 0 Å². The van der Waals surface area contributed by atoms with Crippen molar-refractivity contribution in [2.75, 3.05) is 5.43 Å². The van der Waals surface area contributed by atoms with Gasteiger partial charge in [0.2, 0.25) is 0 Å². The average Bonchev–Trinajstić information content (AvgIpc) is 2.64. The third-order valence-corrected chi connectivity index (χ3v) is 3.35. The van der Waals surface area contributed by atoms with Gasteiger partial charge < -0.3 is 5.43 Å². The third-order valence-electron chi connectivity index (χ3n) is 2.20. The van der Waals surface area contributed by atoms with Crippen molar-refractivity contribution in [2.24, 2.45) is 12.9 Å². The molecule has 0 aromatic carbocycles. The largest absolute Gasteiger partial charge is 0.343 e.